The van der Waals surface area contributed by atoms with Crippen LogP contribution < -0.4 is 0 Å². The predicted molar refractivity (Wildman–Crippen MR) is 77.5 cm³/mol. The van der Waals surface area contributed by atoms with E-state index in [1.807, 2.05) is 61.7 Å². The summed E-state index contributed by atoms with van der Waals surface area (Å²) in [7, 11) is 0. The van der Waals surface area contributed by atoms with E-state index < -0.39 is 0 Å². The molecule has 4 nitrogen and oxygen atoms in total. The smallest absolute Gasteiger partial charge is 0.113 e. The van der Waals surface area contributed by atoms with Gasteiger partial charge in [0.2, 0.25) is 0 Å². The Kier molecular flexibility index (Phi) is 3.31. The molecule has 0 aliphatic heterocycles. The molecule has 0 aliphatic carbocycles. The van der Waals surface area contributed by atoms with Crippen LogP contribution in [-0.2, 0) is 6.61 Å². The van der Waals surface area contributed by atoms with Crippen LogP contribution >= 0.6 is 0 Å². The van der Waals surface area contributed by atoms with Crippen molar-refractivity contribution in [2.45, 2.75) is 13.5 Å². The lowest BCUT2D eigenvalue weighted by molar-refractivity contribution is 0.281. The number of benzene rings is 2. The molecule has 0 amide bonds. The number of hydrogen-bond acceptors (Lipinski definition) is 3. The normalized spacial score (nSPS) is 10.7. The molecule has 0 atom stereocenters. The van der Waals surface area contributed by atoms with Crippen molar-refractivity contribution in [3.05, 3.63) is 65.9 Å². The van der Waals surface area contributed by atoms with Crippen LogP contribution in [0.1, 0.15) is 11.1 Å². The van der Waals surface area contributed by atoms with Gasteiger partial charge in [-0.25, -0.2) is 4.68 Å². The van der Waals surface area contributed by atoms with Gasteiger partial charge in [-0.3, -0.25) is 0 Å². The summed E-state index contributed by atoms with van der Waals surface area (Å²) >= 11 is 0. The number of rotatable bonds is 3. The van der Waals surface area contributed by atoms with Crippen molar-refractivity contribution in [2.75, 3.05) is 0 Å². The van der Waals surface area contributed by atoms with Crippen LogP contribution in [0.5, 0.6) is 0 Å². The summed E-state index contributed by atoms with van der Waals surface area (Å²) in [6.45, 7) is 1.98. The maximum Gasteiger partial charge on any atom is 0.113 e. The highest BCUT2D eigenvalue weighted by molar-refractivity contribution is 5.58. The summed E-state index contributed by atoms with van der Waals surface area (Å²) in [6, 6.07) is 15.8. The second-order valence-electron chi connectivity index (χ2n) is 4.70. The first-order valence-corrected chi connectivity index (χ1v) is 6.46. The van der Waals surface area contributed by atoms with Crippen LogP contribution in [-0.4, -0.2) is 20.1 Å². The average Bonchev–Trinajstić information content (AvgIpc) is 2.97. The van der Waals surface area contributed by atoms with E-state index in [9.17, 15) is 5.11 Å². The molecule has 2 aromatic carbocycles. The molecule has 0 radical (unpaired) electrons. The van der Waals surface area contributed by atoms with E-state index in [4.69, 9.17) is 0 Å². The lowest BCUT2D eigenvalue weighted by Gasteiger charge is -2.07. The lowest BCUT2D eigenvalue weighted by atomic mass is 10.1. The van der Waals surface area contributed by atoms with Gasteiger partial charge in [0, 0.05) is 11.1 Å². The van der Waals surface area contributed by atoms with Crippen molar-refractivity contribution in [1.82, 2.24) is 15.0 Å². The highest BCUT2D eigenvalue weighted by Crippen LogP contribution is 2.20. The Morgan fingerprint density at radius 3 is 2.65 bits per heavy atom. The Labute approximate surface area is 117 Å². The molecule has 3 aromatic rings. The van der Waals surface area contributed by atoms with Crippen LogP contribution in [0.3, 0.4) is 0 Å². The molecule has 0 saturated heterocycles. The van der Waals surface area contributed by atoms with Gasteiger partial charge in [-0.05, 0) is 13.0 Å². The molecule has 1 heterocycles. The first-order valence-electron chi connectivity index (χ1n) is 6.46. The fraction of sp³-hybridized carbons (Fsp3) is 0.125. The summed E-state index contributed by atoms with van der Waals surface area (Å²) in [5.74, 6) is 0. The third-order valence-electron chi connectivity index (χ3n) is 3.22. The van der Waals surface area contributed by atoms with Crippen LogP contribution in [0, 0.1) is 6.92 Å². The minimum absolute atomic E-state index is 0.0163. The molecular formula is C16H15N3O. The molecule has 0 fully saturated rings. The first kappa shape index (κ1) is 12.6. The van der Waals surface area contributed by atoms with Gasteiger partial charge in [-0.2, -0.15) is 0 Å². The fourth-order valence-corrected chi connectivity index (χ4v) is 2.19. The molecule has 0 spiro atoms. The van der Waals surface area contributed by atoms with Crippen molar-refractivity contribution < 1.29 is 5.11 Å². The number of aromatic nitrogens is 3. The maximum atomic E-state index is 9.47. The predicted octanol–water partition coefficient (Wildman–Crippen LogP) is 2.74. The fourth-order valence-electron chi connectivity index (χ4n) is 2.19. The molecule has 20 heavy (non-hydrogen) atoms. The van der Waals surface area contributed by atoms with Gasteiger partial charge in [0.15, 0.2) is 0 Å². The largest absolute Gasteiger partial charge is 0.392 e. The van der Waals surface area contributed by atoms with Gasteiger partial charge < -0.3 is 5.11 Å². The Morgan fingerprint density at radius 2 is 1.90 bits per heavy atom. The summed E-state index contributed by atoms with van der Waals surface area (Å²) in [5.41, 5.74) is 4.65. The highest BCUT2D eigenvalue weighted by Gasteiger charge is 2.08. The molecular weight excluding hydrogens is 250 g/mol. The Hall–Kier alpha value is -2.46. The lowest BCUT2D eigenvalue weighted by Crippen LogP contribution is -2.01. The van der Waals surface area contributed by atoms with Crippen LogP contribution in [0.4, 0.5) is 0 Å². The zero-order valence-corrected chi connectivity index (χ0v) is 11.2. The topological polar surface area (TPSA) is 50.9 Å². The summed E-state index contributed by atoms with van der Waals surface area (Å²) in [4.78, 5) is 0. The number of aryl methyl sites for hydroxylation is 1. The van der Waals surface area contributed by atoms with Crippen molar-refractivity contribution in [3.63, 3.8) is 0 Å². The van der Waals surface area contributed by atoms with Gasteiger partial charge in [0.05, 0.1) is 18.5 Å². The molecule has 0 saturated carbocycles. The Bertz CT molecular complexity index is 720. The van der Waals surface area contributed by atoms with E-state index in [1.54, 1.807) is 4.68 Å². The van der Waals surface area contributed by atoms with Crippen molar-refractivity contribution in [2.24, 2.45) is 0 Å². The molecule has 0 unspecified atom stereocenters. The third kappa shape index (κ3) is 2.33. The van der Waals surface area contributed by atoms with Gasteiger partial charge in [-0.1, -0.05) is 53.2 Å². The minimum atomic E-state index is -0.0163. The van der Waals surface area contributed by atoms with E-state index in [2.05, 4.69) is 10.3 Å². The summed E-state index contributed by atoms with van der Waals surface area (Å²) in [6.07, 6.45) is 1.87. The van der Waals surface area contributed by atoms with Crippen LogP contribution in [0.2, 0.25) is 0 Å². The SMILES string of the molecule is Cc1ccc(-n2cc(-c3ccccc3)nn2)c(CO)c1. The molecule has 0 aliphatic rings. The van der Waals surface area contributed by atoms with Gasteiger partial charge in [0.1, 0.15) is 5.69 Å². The monoisotopic (exact) mass is 265 g/mol. The van der Waals surface area contributed by atoms with Crippen LogP contribution in [0.15, 0.2) is 54.7 Å². The Morgan fingerprint density at radius 1 is 1.10 bits per heavy atom. The Balaban J connectivity index is 2.02. The zero-order chi connectivity index (χ0) is 13.9. The minimum Gasteiger partial charge on any atom is -0.392 e. The quantitative estimate of drug-likeness (QED) is 0.792. The van der Waals surface area contributed by atoms with E-state index >= 15 is 0 Å². The van der Waals surface area contributed by atoms with E-state index in [-0.39, 0.29) is 6.61 Å². The summed E-state index contributed by atoms with van der Waals surface area (Å²) < 4.78 is 1.70. The van der Waals surface area contributed by atoms with Crippen molar-refractivity contribution >= 4 is 0 Å². The number of aliphatic hydroxyl groups is 1. The van der Waals surface area contributed by atoms with Gasteiger partial charge in [0.25, 0.3) is 0 Å². The third-order valence-corrected chi connectivity index (χ3v) is 3.22. The van der Waals surface area contributed by atoms with E-state index in [0.717, 1.165) is 28.1 Å². The zero-order valence-electron chi connectivity index (χ0n) is 11.2. The molecule has 1 N–H and O–H groups in total. The maximum absolute atomic E-state index is 9.47. The molecule has 3 rings (SSSR count). The second kappa shape index (κ2) is 5.27. The van der Waals surface area contributed by atoms with Gasteiger partial charge in [-0.15, -0.1) is 5.10 Å². The molecule has 4 heteroatoms. The van der Waals surface area contributed by atoms with Crippen molar-refractivity contribution in [3.8, 4) is 16.9 Å². The highest BCUT2D eigenvalue weighted by atomic mass is 16.3. The van der Waals surface area contributed by atoms with Crippen LogP contribution in [0.25, 0.3) is 16.9 Å². The second-order valence-corrected chi connectivity index (χ2v) is 4.70. The molecule has 0 bridgehead atoms. The van der Waals surface area contributed by atoms with Gasteiger partial charge >= 0.3 is 0 Å². The molecule has 100 valence electrons. The van der Waals surface area contributed by atoms with E-state index in [1.165, 1.54) is 0 Å². The molecule has 1 aromatic heterocycles. The number of aliphatic hydroxyl groups excluding tert-OH is 1. The van der Waals surface area contributed by atoms with E-state index in [0.29, 0.717) is 0 Å². The summed E-state index contributed by atoms with van der Waals surface area (Å²) in [5, 5.41) is 17.8. The average molecular weight is 265 g/mol. The number of nitrogens with zero attached hydrogens (tertiary/aromatic N) is 3. The number of hydrogen-bond donors (Lipinski definition) is 1. The standard InChI is InChI=1S/C16H15N3O/c1-12-7-8-16(14(9-12)11-20)19-10-15(17-18-19)13-5-3-2-4-6-13/h2-10,20H,11H2,1H3. The van der Waals surface area contributed by atoms with Crippen molar-refractivity contribution in [1.29, 1.82) is 0 Å². The first-order chi connectivity index (χ1) is 9.78.